The largest absolute Gasteiger partial charge is 0.479 e. The summed E-state index contributed by atoms with van der Waals surface area (Å²) in [5.41, 5.74) is 5.18. The van der Waals surface area contributed by atoms with Crippen molar-refractivity contribution < 1.29 is 39.5 Å². The van der Waals surface area contributed by atoms with Gasteiger partial charge >= 0.3 is 5.97 Å². The summed E-state index contributed by atoms with van der Waals surface area (Å²) in [4.78, 5) is 25.9. The molecule has 2 aliphatic heterocycles. The second kappa shape index (κ2) is 8.11. The number of hydrogen-bond acceptors (Lipinski definition) is 9. The predicted molar refractivity (Wildman–Crippen MR) is 113 cm³/mol. The molecule has 0 aromatic rings. The molecular formula is C22H35N3O8. The normalized spacial score (nSPS) is 48.9. The lowest BCUT2D eigenvalue weighted by atomic mass is 9.42. The molecule has 6 rings (SSSR count). The fourth-order valence-corrected chi connectivity index (χ4v) is 7.42. The SMILES string of the molecule is N[C@@H]1CCCN1C(=O)CNC12CC3(CCCC(O[C@@H]4O[C@H](C(=O)O)[C@@H](O)[C@H](O)[C@H]4O)(C3)C1)C2. The Bertz CT molecular complexity index is 805. The number of nitrogens with two attached hydrogens (primary N) is 1. The summed E-state index contributed by atoms with van der Waals surface area (Å²) >= 11 is 0. The number of rotatable bonds is 6. The van der Waals surface area contributed by atoms with E-state index in [1.165, 1.54) is 0 Å². The number of carbonyl (C=O) groups is 2. The van der Waals surface area contributed by atoms with E-state index in [1.807, 2.05) is 0 Å². The van der Waals surface area contributed by atoms with E-state index in [0.29, 0.717) is 19.4 Å². The first-order chi connectivity index (χ1) is 15.6. The molecule has 0 aromatic heterocycles. The number of hydrogen-bond donors (Lipinski definition) is 6. The quantitative estimate of drug-likeness (QED) is 0.272. The highest BCUT2D eigenvalue weighted by atomic mass is 16.7. The number of aliphatic hydroxyl groups is 3. The molecule has 2 saturated heterocycles. The number of likely N-dealkylation sites (tertiary alicyclic amines) is 1. The average molecular weight is 470 g/mol. The summed E-state index contributed by atoms with van der Waals surface area (Å²) in [5.74, 6) is -1.43. The van der Waals surface area contributed by atoms with Gasteiger partial charge in [0, 0.05) is 12.1 Å². The van der Waals surface area contributed by atoms with Gasteiger partial charge in [0.2, 0.25) is 5.91 Å². The summed E-state index contributed by atoms with van der Waals surface area (Å²) in [6.45, 7) is 0.885. The molecule has 7 atom stereocenters. The molecule has 0 aromatic carbocycles. The number of amides is 1. The van der Waals surface area contributed by atoms with Crippen molar-refractivity contribution in [1.82, 2.24) is 10.2 Å². The molecular weight excluding hydrogens is 434 g/mol. The van der Waals surface area contributed by atoms with Crippen molar-refractivity contribution in [2.75, 3.05) is 13.1 Å². The van der Waals surface area contributed by atoms with Gasteiger partial charge in [-0.3, -0.25) is 4.79 Å². The second-order valence-electron chi connectivity index (χ2n) is 11.0. The van der Waals surface area contributed by atoms with Gasteiger partial charge in [0.05, 0.1) is 18.3 Å². The minimum atomic E-state index is -1.75. The zero-order valence-corrected chi connectivity index (χ0v) is 18.7. The van der Waals surface area contributed by atoms with Crippen LogP contribution < -0.4 is 11.1 Å². The molecule has 1 spiro atoms. The molecule has 7 N–H and O–H groups in total. The van der Waals surface area contributed by atoms with Crippen LogP contribution in [-0.2, 0) is 19.1 Å². The highest BCUT2D eigenvalue weighted by Gasteiger charge is 2.67. The van der Waals surface area contributed by atoms with Crippen molar-refractivity contribution in [3.63, 3.8) is 0 Å². The van der Waals surface area contributed by atoms with Crippen molar-refractivity contribution in [1.29, 1.82) is 0 Å². The Balaban J connectivity index is 1.29. The lowest BCUT2D eigenvalue weighted by molar-refractivity contribution is -0.343. The smallest absolute Gasteiger partial charge is 0.335 e. The van der Waals surface area contributed by atoms with Gasteiger partial charge in [-0.25, -0.2) is 4.79 Å². The average Bonchev–Trinajstić information content (AvgIpc) is 3.17. The Morgan fingerprint density at radius 2 is 1.82 bits per heavy atom. The molecule has 3 bridgehead atoms. The Hall–Kier alpha value is -1.34. The highest BCUT2D eigenvalue weighted by molar-refractivity contribution is 5.79. The number of aliphatic carboxylic acids is 1. The zero-order chi connectivity index (χ0) is 23.6. The Morgan fingerprint density at radius 3 is 2.48 bits per heavy atom. The van der Waals surface area contributed by atoms with Gasteiger partial charge in [0.25, 0.3) is 0 Å². The van der Waals surface area contributed by atoms with Gasteiger partial charge in [0.15, 0.2) is 12.4 Å². The molecule has 33 heavy (non-hydrogen) atoms. The topological polar surface area (TPSA) is 175 Å². The van der Waals surface area contributed by atoms with Crippen LogP contribution in [0.25, 0.3) is 0 Å². The lowest BCUT2D eigenvalue weighted by Crippen LogP contribution is -2.73. The number of nitrogens with zero attached hydrogens (tertiary/aromatic N) is 1. The van der Waals surface area contributed by atoms with Crippen molar-refractivity contribution in [2.24, 2.45) is 11.1 Å². The fraction of sp³-hybridized carbons (Fsp3) is 0.909. The van der Waals surface area contributed by atoms with Gasteiger partial charge in [0.1, 0.15) is 18.3 Å². The maximum Gasteiger partial charge on any atom is 0.335 e. The summed E-state index contributed by atoms with van der Waals surface area (Å²) in [6.07, 6.45) is -0.584. The molecule has 6 fully saturated rings. The summed E-state index contributed by atoms with van der Waals surface area (Å²) < 4.78 is 11.7. The summed E-state index contributed by atoms with van der Waals surface area (Å²) in [6, 6.07) is 0. The molecule has 6 aliphatic rings. The van der Waals surface area contributed by atoms with Crippen LogP contribution in [0.15, 0.2) is 0 Å². The van der Waals surface area contributed by atoms with Crippen molar-refractivity contribution >= 4 is 11.9 Å². The highest BCUT2D eigenvalue weighted by Crippen LogP contribution is 2.67. The number of carbonyl (C=O) groups excluding carboxylic acids is 1. The van der Waals surface area contributed by atoms with Crippen LogP contribution in [0.5, 0.6) is 0 Å². The number of carboxylic acids is 1. The Labute approximate surface area is 192 Å². The van der Waals surface area contributed by atoms with Crippen molar-refractivity contribution in [2.45, 2.75) is 106 Å². The lowest BCUT2D eigenvalue weighted by Gasteiger charge is -2.69. The molecule has 4 aliphatic carbocycles. The number of ether oxygens (including phenoxy) is 2. The third-order valence-electron chi connectivity index (χ3n) is 8.54. The van der Waals surface area contributed by atoms with Gasteiger partial charge in [-0.15, -0.1) is 0 Å². The molecule has 0 radical (unpaired) electrons. The number of carboxylic acid groups (broad SMARTS) is 1. The van der Waals surface area contributed by atoms with E-state index in [0.717, 1.165) is 44.9 Å². The van der Waals surface area contributed by atoms with E-state index in [9.17, 15) is 30.0 Å². The van der Waals surface area contributed by atoms with Crippen molar-refractivity contribution in [3.8, 4) is 0 Å². The van der Waals surface area contributed by atoms with Crippen LogP contribution in [0.3, 0.4) is 0 Å². The van der Waals surface area contributed by atoms with Crippen LogP contribution in [0.1, 0.15) is 57.8 Å². The van der Waals surface area contributed by atoms with Crippen LogP contribution >= 0.6 is 0 Å². The third kappa shape index (κ3) is 3.97. The molecule has 1 unspecified atom stereocenters. The summed E-state index contributed by atoms with van der Waals surface area (Å²) in [7, 11) is 0. The number of aliphatic hydroxyl groups excluding tert-OH is 3. The first kappa shape index (κ1) is 23.4. The van der Waals surface area contributed by atoms with Crippen LogP contribution in [0.2, 0.25) is 0 Å². The van der Waals surface area contributed by atoms with Gasteiger partial charge in [-0.1, -0.05) is 6.42 Å². The Kier molecular flexibility index (Phi) is 5.75. The molecule has 11 heteroatoms. The third-order valence-corrected chi connectivity index (χ3v) is 8.54. The first-order valence-corrected chi connectivity index (χ1v) is 12.0. The van der Waals surface area contributed by atoms with Crippen LogP contribution in [0.4, 0.5) is 0 Å². The van der Waals surface area contributed by atoms with Gasteiger partial charge < -0.3 is 45.9 Å². The fourth-order valence-electron chi connectivity index (χ4n) is 7.42. The van der Waals surface area contributed by atoms with E-state index in [1.54, 1.807) is 4.90 Å². The Morgan fingerprint density at radius 1 is 1.06 bits per heavy atom. The monoisotopic (exact) mass is 469 g/mol. The van der Waals surface area contributed by atoms with E-state index < -0.39 is 42.3 Å². The van der Waals surface area contributed by atoms with E-state index in [2.05, 4.69) is 5.32 Å². The van der Waals surface area contributed by atoms with Gasteiger partial charge in [-0.05, 0) is 56.8 Å². The van der Waals surface area contributed by atoms with E-state index in [-0.39, 0.29) is 29.6 Å². The molecule has 11 nitrogen and oxygen atoms in total. The first-order valence-electron chi connectivity index (χ1n) is 12.0. The minimum Gasteiger partial charge on any atom is -0.479 e. The standard InChI is InChI=1S/C22H35N3O8/c23-12-3-1-6-25(12)13(26)7-24-21-8-20(9-21)4-2-5-22(10-20,11-21)33-19-16(29)14(27)15(28)17(32-19)18(30)31/h12,14-17,19,24,27-29H,1-11,23H2,(H,30,31)/t12-,14-,15-,16+,17-,19-,20?,21?,22?/m0/s1. The molecule has 186 valence electrons. The van der Waals surface area contributed by atoms with Crippen LogP contribution in [0, 0.1) is 5.41 Å². The molecule has 1 amide bonds. The molecule has 2 heterocycles. The number of nitrogens with one attached hydrogen (secondary N) is 1. The van der Waals surface area contributed by atoms with Crippen molar-refractivity contribution in [3.05, 3.63) is 0 Å². The molecule has 4 saturated carbocycles. The van der Waals surface area contributed by atoms with E-state index >= 15 is 0 Å². The maximum atomic E-state index is 12.7. The predicted octanol–water partition coefficient (Wildman–Crippen LogP) is -1.37. The minimum absolute atomic E-state index is 0.00604. The second-order valence-corrected chi connectivity index (χ2v) is 11.0. The van der Waals surface area contributed by atoms with Gasteiger partial charge in [-0.2, -0.15) is 0 Å². The zero-order valence-electron chi connectivity index (χ0n) is 18.7. The summed E-state index contributed by atoms with van der Waals surface area (Å²) in [5, 5.41) is 43.4. The maximum absolute atomic E-state index is 12.7. The van der Waals surface area contributed by atoms with Crippen LogP contribution in [-0.4, -0.2) is 98.3 Å². The van der Waals surface area contributed by atoms with E-state index in [4.69, 9.17) is 15.2 Å².